The van der Waals surface area contributed by atoms with Gasteiger partial charge in [-0.2, -0.15) is 0 Å². The number of carboxylic acid groups (broad SMARTS) is 1. The Morgan fingerprint density at radius 1 is 0.842 bits per heavy atom. The molecule has 0 aromatic rings. The molecule has 19 heavy (non-hydrogen) atoms. The van der Waals surface area contributed by atoms with Crippen molar-refractivity contribution in [1.82, 2.24) is 0 Å². The van der Waals surface area contributed by atoms with Gasteiger partial charge in [-0.15, -0.1) is 0 Å². The Labute approximate surface area is 120 Å². The van der Waals surface area contributed by atoms with E-state index in [9.17, 15) is 4.79 Å². The molecule has 2 nitrogen and oxygen atoms in total. The van der Waals surface area contributed by atoms with Crippen LogP contribution in [0.3, 0.4) is 0 Å². The molecule has 0 radical (unpaired) electrons. The lowest BCUT2D eigenvalue weighted by atomic mass is 9.96. The van der Waals surface area contributed by atoms with Crippen molar-refractivity contribution < 1.29 is 9.90 Å². The normalized spacial score (nSPS) is 12.5. The fourth-order valence-corrected chi connectivity index (χ4v) is 2.54. The van der Waals surface area contributed by atoms with Gasteiger partial charge in [-0.25, -0.2) is 0 Å². The lowest BCUT2D eigenvalue weighted by Gasteiger charge is -2.10. The van der Waals surface area contributed by atoms with E-state index in [1.807, 2.05) is 0 Å². The third kappa shape index (κ3) is 15.4. The standard InChI is InChI=1S/C17H34O2/c1-3-4-5-6-7-8-9-10-13-16(2)14-11-12-15-17(18)19/h16H,3-15H2,1-2H3,(H,18,19). The monoisotopic (exact) mass is 270 g/mol. The van der Waals surface area contributed by atoms with Gasteiger partial charge >= 0.3 is 5.97 Å². The van der Waals surface area contributed by atoms with Gasteiger partial charge < -0.3 is 5.11 Å². The molecule has 1 N–H and O–H groups in total. The van der Waals surface area contributed by atoms with Gasteiger partial charge in [0.05, 0.1) is 0 Å². The first-order valence-corrected chi connectivity index (χ1v) is 8.38. The van der Waals surface area contributed by atoms with E-state index in [4.69, 9.17) is 5.11 Å². The summed E-state index contributed by atoms with van der Waals surface area (Å²) in [7, 11) is 0. The van der Waals surface area contributed by atoms with E-state index in [-0.39, 0.29) is 0 Å². The summed E-state index contributed by atoms with van der Waals surface area (Å²) in [5.74, 6) is 0.115. The molecule has 0 aliphatic rings. The lowest BCUT2D eigenvalue weighted by molar-refractivity contribution is -0.137. The Balaban J connectivity index is 3.15. The van der Waals surface area contributed by atoms with Gasteiger partial charge in [0.25, 0.3) is 0 Å². The molecular formula is C17H34O2. The van der Waals surface area contributed by atoms with Gasteiger partial charge in [0.1, 0.15) is 0 Å². The van der Waals surface area contributed by atoms with Gasteiger partial charge in [0.2, 0.25) is 0 Å². The van der Waals surface area contributed by atoms with Crippen molar-refractivity contribution in [3.05, 3.63) is 0 Å². The molecule has 0 saturated heterocycles. The highest BCUT2D eigenvalue weighted by Crippen LogP contribution is 2.17. The summed E-state index contributed by atoms with van der Waals surface area (Å²) in [6, 6.07) is 0. The van der Waals surface area contributed by atoms with Crippen molar-refractivity contribution in [2.24, 2.45) is 5.92 Å². The van der Waals surface area contributed by atoms with Crippen molar-refractivity contribution in [3.8, 4) is 0 Å². The van der Waals surface area contributed by atoms with Crippen LogP contribution in [-0.4, -0.2) is 11.1 Å². The van der Waals surface area contributed by atoms with Gasteiger partial charge in [-0.1, -0.05) is 84.5 Å². The van der Waals surface area contributed by atoms with Crippen LogP contribution in [0.4, 0.5) is 0 Å². The molecule has 0 amide bonds. The number of carboxylic acids is 1. The van der Waals surface area contributed by atoms with Gasteiger partial charge in [0.15, 0.2) is 0 Å². The van der Waals surface area contributed by atoms with Crippen LogP contribution < -0.4 is 0 Å². The van der Waals surface area contributed by atoms with Crippen LogP contribution in [-0.2, 0) is 4.79 Å². The predicted octanol–water partition coefficient (Wildman–Crippen LogP) is 5.80. The Hall–Kier alpha value is -0.530. The van der Waals surface area contributed by atoms with Gasteiger partial charge in [-0.3, -0.25) is 4.79 Å². The summed E-state index contributed by atoms with van der Waals surface area (Å²) in [5.41, 5.74) is 0. The molecular weight excluding hydrogens is 236 g/mol. The van der Waals surface area contributed by atoms with E-state index in [1.165, 1.54) is 64.2 Å². The minimum atomic E-state index is -0.657. The fourth-order valence-electron chi connectivity index (χ4n) is 2.54. The first-order valence-electron chi connectivity index (χ1n) is 8.38. The van der Waals surface area contributed by atoms with Crippen molar-refractivity contribution >= 4 is 5.97 Å². The minimum Gasteiger partial charge on any atom is -0.481 e. The molecule has 0 aliphatic heterocycles. The predicted molar refractivity (Wildman–Crippen MR) is 82.5 cm³/mol. The molecule has 2 heteroatoms. The molecule has 1 unspecified atom stereocenters. The van der Waals surface area contributed by atoms with Crippen LogP contribution in [0.15, 0.2) is 0 Å². The third-order valence-corrected chi connectivity index (χ3v) is 3.89. The Kier molecular flexibility index (Phi) is 13.5. The highest BCUT2D eigenvalue weighted by Gasteiger charge is 2.03. The van der Waals surface area contributed by atoms with Gasteiger partial charge in [0, 0.05) is 6.42 Å². The molecule has 0 fully saturated rings. The SMILES string of the molecule is CCCCCCCCCCC(C)CCCCC(=O)O. The number of carbonyl (C=O) groups is 1. The summed E-state index contributed by atoms with van der Waals surface area (Å²) in [6.07, 6.45) is 15.9. The molecule has 0 saturated carbocycles. The zero-order valence-corrected chi connectivity index (χ0v) is 13.1. The summed E-state index contributed by atoms with van der Waals surface area (Å²) < 4.78 is 0. The van der Waals surface area contributed by atoms with Crippen molar-refractivity contribution in [2.75, 3.05) is 0 Å². The van der Waals surface area contributed by atoms with E-state index in [2.05, 4.69) is 13.8 Å². The van der Waals surface area contributed by atoms with Crippen LogP contribution in [0, 0.1) is 5.92 Å². The molecule has 1 atom stereocenters. The first-order chi connectivity index (χ1) is 9.16. The number of unbranched alkanes of at least 4 members (excludes halogenated alkanes) is 8. The van der Waals surface area contributed by atoms with E-state index in [0.717, 1.165) is 18.8 Å². The van der Waals surface area contributed by atoms with Crippen LogP contribution in [0.1, 0.15) is 97.3 Å². The number of hydrogen-bond acceptors (Lipinski definition) is 1. The van der Waals surface area contributed by atoms with E-state index < -0.39 is 5.97 Å². The van der Waals surface area contributed by atoms with Crippen molar-refractivity contribution in [2.45, 2.75) is 97.3 Å². The minimum absolute atomic E-state index is 0.338. The molecule has 0 spiro atoms. The van der Waals surface area contributed by atoms with Crippen LogP contribution in [0.25, 0.3) is 0 Å². The molecule has 0 heterocycles. The van der Waals surface area contributed by atoms with E-state index >= 15 is 0 Å². The second kappa shape index (κ2) is 13.9. The molecule has 0 bridgehead atoms. The highest BCUT2D eigenvalue weighted by molar-refractivity contribution is 5.66. The highest BCUT2D eigenvalue weighted by atomic mass is 16.4. The third-order valence-electron chi connectivity index (χ3n) is 3.89. The fraction of sp³-hybridized carbons (Fsp3) is 0.941. The van der Waals surface area contributed by atoms with Crippen LogP contribution >= 0.6 is 0 Å². The molecule has 0 aromatic carbocycles. The quantitative estimate of drug-likeness (QED) is 0.405. The smallest absolute Gasteiger partial charge is 0.303 e. The zero-order valence-electron chi connectivity index (χ0n) is 13.1. The van der Waals surface area contributed by atoms with E-state index in [0.29, 0.717) is 6.42 Å². The number of hydrogen-bond donors (Lipinski definition) is 1. The molecule has 0 rings (SSSR count). The van der Waals surface area contributed by atoms with E-state index in [1.54, 1.807) is 0 Å². The second-order valence-corrected chi connectivity index (χ2v) is 6.01. The van der Waals surface area contributed by atoms with Gasteiger partial charge in [-0.05, 0) is 12.3 Å². The largest absolute Gasteiger partial charge is 0.481 e. The number of rotatable bonds is 14. The maximum Gasteiger partial charge on any atom is 0.303 e. The van der Waals surface area contributed by atoms with Crippen LogP contribution in [0.5, 0.6) is 0 Å². The second-order valence-electron chi connectivity index (χ2n) is 6.01. The maximum absolute atomic E-state index is 10.4. The zero-order chi connectivity index (χ0) is 14.3. The average molecular weight is 270 g/mol. The van der Waals surface area contributed by atoms with Crippen LogP contribution in [0.2, 0.25) is 0 Å². The Morgan fingerprint density at radius 3 is 1.84 bits per heavy atom. The summed E-state index contributed by atoms with van der Waals surface area (Å²) in [6.45, 7) is 4.57. The molecule has 0 aromatic heterocycles. The topological polar surface area (TPSA) is 37.3 Å². The first kappa shape index (κ1) is 18.5. The number of aliphatic carboxylic acids is 1. The average Bonchev–Trinajstić information content (AvgIpc) is 2.37. The maximum atomic E-state index is 10.4. The summed E-state index contributed by atoms with van der Waals surface area (Å²) in [4.78, 5) is 10.4. The molecule has 114 valence electrons. The van der Waals surface area contributed by atoms with Crippen molar-refractivity contribution in [3.63, 3.8) is 0 Å². The Morgan fingerprint density at radius 2 is 1.32 bits per heavy atom. The Bertz CT molecular complexity index is 201. The van der Waals surface area contributed by atoms with Crippen molar-refractivity contribution in [1.29, 1.82) is 0 Å². The summed E-state index contributed by atoms with van der Waals surface area (Å²) >= 11 is 0. The molecule has 0 aliphatic carbocycles. The summed E-state index contributed by atoms with van der Waals surface area (Å²) in [5, 5.41) is 8.56. The lowest BCUT2D eigenvalue weighted by Crippen LogP contribution is -1.98.